The number of aryl methyl sites for hydroxylation is 2. The third-order valence-electron chi connectivity index (χ3n) is 3.08. The van der Waals surface area contributed by atoms with Crippen molar-refractivity contribution < 1.29 is 9.53 Å². The first-order valence-corrected chi connectivity index (χ1v) is 7.22. The van der Waals surface area contributed by atoms with Gasteiger partial charge >= 0.3 is 0 Å². The van der Waals surface area contributed by atoms with Crippen LogP contribution in [0.15, 0.2) is 30.9 Å². The van der Waals surface area contributed by atoms with E-state index in [-0.39, 0.29) is 12.5 Å². The smallest absolute Gasteiger partial charge is 0.260 e. The van der Waals surface area contributed by atoms with E-state index in [1.165, 1.54) is 0 Å². The molecular formula is C16H22N2O2S. The van der Waals surface area contributed by atoms with Gasteiger partial charge in [0.1, 0.15) is 5.75 Å². The van der Waals surface area contributed by atoms with Gasteiger partial charge in [0.2, 0.25) is 0 Å². The maximum Gasteiger partial charge on any atom is 0.260 e. The first-order chi connectivity index (χ1) is 9.95. The second-order valence-corrected chi connectivity index (χ2v) is 5.38. The summed E-state index contributed by atoms with van der Waals surface area (Å²) in [6, 6.07) is 5.88. The molecule has 5 heteroatoms. The van der Waals surface area contributed by atoms with E-state index >= 15 is 0 Å². The third kappa shape index (κ3) is 5.55. The summed E-state index contributed by atoms with van der Waals surface area (Å²) in [5, 5.41) is 0. The van der Waals surface area contributed by atoms with Gasteiger partial charge in [0.25, 0.3) is 5.91 Å². The van der Waals surface area contributed by atoms with Gasteiger partial charge in [0, 0.05) is 19.5 Å². The number of nitrogens with zero attached hydrogens (tertiary/aromatic N) is 1. The van der Waals surface area contributed by atoms with E-state index in [2.05, 4.69) is 6.58 Å². The molecule has 21 heavy (non-hydrogen) atoms. The van der Waals surface area contributed by atoms with Crippen molar-refractivity contribution in [2.75, 3.05) is 19.7 Å². The molecule has 1 amide bonds. The van der Waals surface area contributed by atoms with Gasteiger partial charge in [0.05, 0.1) is 4.99 Å². The first-order valence-electron chi connectivity index (χ1n) is 6.81. The zero-order chi connectivity index (χ0) is 15.8. The highest BCUT2D eigenvalue weighted by molar-refractivity contribution is 7.80. The normalized spacial score (nSPS) is 10.0. The Hall–Kier alpha value is -1.88. The summed E-state index contributed by atoms with van der Waals surface area (Å²) in [6.45, 7) is 8.51. The molecule has 0 aliphatic rings. The van der Waals surface area contributed by atoms with Crippen molar-refractivity contribution in [2.24, 2.45) is 5.73 Å². The van der Waals surface area contributed by atoms with Crippen LogP contribution in [0.25, 0.3) is 0 Å². The van der Waals surface area contributed by atoms with Gasteiger partial charge in [-0.1, -0.05) is 36.5 Å². The number of ether oxygens (including phenoxy) is 1. The van der Waals surface area contributed by atoms with E-state index in [4.69, 9.17) is 22.7 Å². The van der Waals surface area contributed by atoms with Crippen molar-refractivity contribution in [3.8, 4) is 5.75 Å². The number of hydrogen-bond acceptors (Lipinski definition) is 3. The zero-order valence-corrected chi connectivity index (χ0v) is 13.4. The summed E-state index contributed by atoms with van der Waals surface area (Å²) < 4.78 is 5.67. The molecule has 4 nitrogen and oxygen atoms in total. The van der Waals surface area contributed by atoms with Gasteiger partial charge in [-0.25, -0.2) is 0 Å². The van der Waals surface area contributed by atoms with Crippen LogP contribution >= 0.6 is 12.2 Å². The lowest BCUT2D eigenvalue weighted by Crippen LogP contribution is -2.37. The highest BCUT2D eigenvalue weighted by atomic mass is 32.1. The zero-order valence-electron chi connectivity index (χ0n) is 12.6. The molecule has 1 rings (SSSR count). The van der Waals surface area contributed by atoms with Crippen LogP contribution in [0.5, 0.6) is 5.75 Å². The van der Waals surface area contributed by atoms with Crippen LogP contribution in [0.4, 0.5) is 0 Å². The number of thiocarbonyl (C=S) groups is 1. The Morgan fingerprint density at radius 2 is 2.05 bits per heavy atom. The lowest BCUT2D eigenvalue weighted by molar-refractivity contribution is -0.132. The molecule has 0 aromatic heterocycles. The standard InChI is InChI=1S/C16H22N2O2S/c1-4-9-18(10-8-14(17)21)15(19)11-20-16-12(2)6-5-7-13(16)3/h4-7H,1,8-11H2,2-3H3,(H2,17,21). The number of carbonyl (C=O) groups is 1. The van der Waals surface area contributed by atoms with Gasteiger partial charge in [-0.15, -0.1) is 6.58 Å². The highest BCUT2D eigenvalue weighted by Gasteiger charge is 2.14. The van der Waals surface area contributed by atoms with Crippen LogP contribution in [0.1, 0.15) is 17.5 Å². The Kier molecular flexibility index (Phi) is 6.88. The molecule has 0 saturated heterocycles. The van der Waals surface area contributed by atoms with Crippen molar-refractivity contribution in [2.45, 2.75) is 20.3 Å². The summed E-state index contributed by atoms with van der Waals surface area (Å²) in [7, 11) is 0. The van der Waals surface area contributed by atoms with Gasteiger partial charge in [-0.2, -0.15) is 0 Å². The summed E-state index contributed by atoms with van der Waals surface area (Å²) in [6.07, 6.45) is 2.18. The molecule has 1 aromatic carbocycles. The van der Waals surface area contributed by atoms with E-state index in [0.717, 1.165) is 16.9 Å². The number of carbonyl (C=O) groups excluding carboxylic acids is 1. The summed E-state index contributed by atoms with van der Waals surface area (Å²) >= 11 is 4.84. The molecule has 0 heterocycles. The Balaban J connectivity index is 2.64. The van der Waals surface area contributed by atoms with Crippen molar-refractivity contribution >= 4 is 23.1 Å². The lowest BCUT2D eigenvalue weighted by Gasteiger charge is -2.21. The molecule has 0 aliphatic carbocycles. The maximum absolute atomic E-state index is 12.2. The van der Waals surface area contributed by atoms with Gasteiger partial charge in [-0.05, 0) is 25.0 Å². The third-order valence-corrected chi connectivity index (χ3v) is 3.28. The fourth-order valence-corrected chi connectivity index (χ4v) is 2.06. The largest absolute Gasteiger partial charge is 0.483 e. The lowest BCUT2D eigenvalue weighted by atomic mass is 10.1. The molecule has 0 unspecified atom stereocenters. The van der Waals surface area contributed by atoms with E-state index in [1.54, 1.807) is 11.0 Å². The minimum atomic E-state index is -0.103. The number of para-hydroxylation sites is 1. The SMILES string of the molecule is C=CCN(CCC(N)=S)C(=O)COc1c(C)cccc1C. The molecule has 0 bridgehead atoms. The monoisotopic (exact) mass is 306 g/mol. The van der Waals surface area contributed by atoms with E-state index in [0.29, 0.717) is 24.5 Å². The molecule has 2 N–H and O–H groups in total. The van der Waals surface area contributed by atoms with Crippen molar-refractivity contribution in [3.05, 3.63) is 42.0 Å². The molecular weight excluding hydrogens is 284 g/mol. The van der Waals surface area contributed by atoms with Gasteiger partial charge in [0.15, 0.2) is 6.61 Å². The topological polar surface area (TPSA) is 55.6 Å². The molecule has 0 saturated carbocycles. The van der Waals surface area contributed by atoms with Crippen LogP contribution in [0.2, 0.25) is 0 Å². The van der Waals surface area contributed by atoms with Crippen LogP contribution < -0.4 is 10.5 Å². The van der Waals surface area contributed by atoms with Gasteiger partial charge in [-0.3, -0.25) is 4.79 Å². The molecule has 0 fully saturated rings. The second-order valence-electron chi connectivity index (χ2n) is 4.85. The Morgan fingerprint density at radius 1 is 1.43 bits per heavy atom. The molecule has 1 aromatic rings. The van der Waals surface area contributed by atoms with Crippen LogP contribution in [0, 0.1) is 13.8 Å². The minimum Gasteiger partial charge on any atom is -0.483 e. The predicted octanol–water partition coefficient (Wildman–Crippen LogP) is 2.37. The van der Waals surface area contributed by atoms with Crippen LogP contribution in [-0.4, -0.2) is 35.5 Å². The number of rotatable bonds is 8. The maximum atomic E-state index is 12.2. The number of amides is 1. The average Bonchev–Trinajstić information content (AvgIpc) is 2.42. The quantitative estimate of drug-likeness (QED) is 0.592. The second kappa shape index (κ2) is 8.42. The van der Waals surface area contributed by atoms with Crippen LogP contribution in [-0.2, 0) is 4.79 Å². The Bertz CT molecular complexity index is 509. The predicted molar refractivity (Wildman–Crippen MR) is 89.6 cm³/mol. The van der Waals surface area contributed by atoms with Gasteiger partial charge < -0.3 is 15.4 Å². The summed E-state index contributed by atoms with van der Waals surface area (Å²) in [4.78, 5) is 14.2. The van der Waals surface area contributed by atoms with Crippen molar-refractivity contribution in [1.82, 2.24) is 4.90 Å². The van der Waals surface area contributed by atoms with E-state index < -0.39 is 0 Å². The van der Waals surface area contributed by atoms with Crippen molar-refractivity contribution in [1.29, 1.82) is 0 Å². The molecule has 0 aliphatic heterocycles. The van der Waals surface area contributed by atoms with Crippen LogP contribution in [0.3, 0.4) is 0 Å². The minimum absolute atomic E-state index is 0.00311. The summed E-state index contributed by atoms with van der Waals surface area (Å²) in [5.41, 5.74) is 7.51. The molecule has 0 radical (unpaired) electrons. The van der Waals surface area contributed by atoms with E-state index in [1.807, 2.05) is 32.0 Å². The molecule has 0 atom stereocenters. The fourth-order valence-electron chi connectivity index (χ4n) is 1.97. The number of hydrogen-bond donors (Lipinski definition) is 1. The highest BCUT2D eigenvalue weighted by Crippen LogP contribution is 2.22. The Labute approximate surface area is 131 Å². The number of nitrogens with two attached hydrogens (primary N) is 1. The van der Waals surface area contributed by atoms with E-state index in [9.17, 15) is 4.79 Å². The van der Waals surface area contributed by atoms with Crippen molar-refractivity contribution in [3.63, 3.8) is 0 Å². The Morgan fingerprint density at radius 3 is 2.57 bits per heavy atom. The number of benzene rings is 1. The fraction of sp³-hybridized carbons (Fsp3) is 0.375. The average molecular weight is 306 g/mol. The molecule has 114 valence electrons. The first kappa shape index (κ1) is 17.2. The molecule has 0 spiro atoms. The summed E-state index contributed by atoms with van der Waals surface area (Å²) in [5.74, 6) is 0.660.